The van der Waals surface area contributed by atoms with Crippen molar-refractivity contribution in [1.82, 2.24) is 10.2 Å². The Bertz CT molecular complexity index is 369. The predicted molar refractivity (Wildman–Crippen MR) is 75.1 cm³/mol. The van der Waals surface area contributed by atoms with Crippen LogP contribution < -0.4 is 5.32 Å². The van der Waals surface area contributed by atoms with Crippen LogP contribution in [0.2, 0.25) is 0 Å². The fraction of sp³-hybridized carbons (Fsp3) is 0.846. The Hall–Kier alpha value is -0.750. The van der Waals surface area contributed by atoms with E-state index < -0.39 is 17.6 Å². The van der Waals surface area contributed by atoms with E-state index in [-0.39, 0.29) is 11.3 Å². The Labute approximate surface area is 118 Å². The van der Waals surface area contributed by atoms with E-state index in [0.717, 1.165) is 32.2 Å². The number of carboxylic acids is 1. The van der Waals surface area contributed by atoms with Crippen LogP contribution in [0, 0.1) is 0 Å². The van der Waals surface area contributed by atoms with Gasteiger partial charge in [-0.2, -0.15) is 0 Å². The van der Waals surface area contributed by atoms with Gasteiger partial charge in [0, 0.05) is 5.75 Å². The largest absolute Gasteiger partial charge is 0.480 e. The van der Waals surface area contributed by atoms with E-state index in [9.17, 15) is 14.7 Å². The highest BCUT2D eigenvalue weighted by Crippen LogP contribution is 2.34. The lowest BCUT2D eigenvalue weighted by Gasteiger charge is -2.39. The lowest BCUT2D eigenvalue weighted by Crippen LogP contribution is -2.61. The smallest absolute Gasteiger partial charge is 0.327 e. The second kappa shape index (κ2) is 5.71. The van der Waals surface area contributed by atoms with Crippen LogP contribution in [0.15, 0.2) is 0 Å². The molecule has 0 spiro atoms. The second-order valence-corrected chi connectivity index (χ2v) is 6.69. The van der Waals surface area contributed by atoms with Crippen molar-refractivity contribution in [2.45, 2.75) is 56.5 Å². The molecule has 19 heavy (non-hydrogen) atoms. The number of carbonyl (C=O) groups excluding carboxylic acids is 1. The van der Waals surface area contributed by atoms with Gasteiger partial charge in [-0.25, -0.2) is 4.79 Å². The highest BCUT2D eigenvalue weighted by atomic mass is 32.2. The van der Waals surface area contributed by atoms with Gasteiger partial charge in [0.05, 0.1) is 10.9 Å². The Morgan fingerprint density at radius 1 is 1.47 bits per heavy atom. The van der Waals surface area contributed by atoms with Crippen molar-refractivity contribution in [2.75, 3.05) is 12.3 Å². The first-order valence-corrected chi connectivity index (χ1v) is 7.96. The molecule has 6 heteroatoms. The van der Waals surface area contributed by atoms with Gasteiger partial charge in [0.2, 0.25) is 5.91 Å². The van der Waals surface area contributed by atoms with Gasteiger partial charge in [0.25, 0.3) is 0 Å². The minimum absolute atomic E-state index is 0.00542. The predicted octanol–water partition coefficient (Wildman–Crippen LogP) is 1.28. The molecule has 0 aliphatic carbocycles. The number of nitrogens with zero attached hydrogens (tertiary/aromatic N) is 1. The van der Waals surface area contributed by atoms with E-state index in [1.165, 1.54) is 0 Å². The summed E-state index contributed by atoms with van der Waals surface area (Å²) < 4.78 is 0. The highest BCUT2D eigenvalue weighted by molar-refractivity contribution is 8.00. The third kappa shape index (κ3) is 2.74. The quantitative estimate of drug-likeness (QED) is 0.818. The van der Waals surface area contributed by atoms with E-state index in [4.69, 9.17) is 0 Å². The molecule has 1 amide bonds. The zero-order chi connectivity index (χ0) is 14.0. The van der Waals surface area contributed by atoms with Crippen LogP contribution >= 0.6 is 11.8 Å². The molecule has 2 aliphatic rings. The molecule has 3 atom stereocenters. The summed E-state index contributed by atoms with van der Waals surface area (Å²) >= 11 is 1.57. The second-order valence-electron chi connectivity index (χ2n) is 5.48. The van der Waals surface area contributed by atoms with E-state index in [1.807, 2.05) is 13.8 Å². The number of thioether (sulfide) groups is 1. The topological polar surface area (TPSA) is 69.6 Å². The van der Waals surface area contributed by atoms with Crippen molar-refractivity contribution in [3.05, 3.63) is 0 Å². The molecule has 2 fully saturated rings. The number of hydrogen-bond acceptors (Lipinski definition) is 4. The average Bonchev–Trinajstić information content (AvgIpc) is 2.82. The maximum absolute atomic E-state index is 12.8. The number of piperidine rings is 1. The Balaban J connectivity index is 2.20. The third-order valence-corrected chi connectivity index (χ3v) is 5.51. The molecule has 2 aliphatic heterocycles. The molecule has 0 aromatic heterocycles. The van der Waals surface area contributed by atoms with Crippen LogP contribution in [-0.4, -0.2) is 51.1 Å². The fourth-order valence-electron chi connectivity index (χ4n) is 2.86. The standard InChI is InChI=1S/C13H22N2O3S/c1-3-10-15(9(8-19-10)11(16)17)12(18)13(2)6-4-5-7-14-13/h9-10,14H,3-8H2,1-2H3,(H,16,17). The van der Waals surface area contributed by atoms with Crippen molar-refractivity contribution >= 4 is 23.6 Å². The lowest BCUT2D eigenvalue weighted by molar-refractivity contribution is -0.152. The summed E-state index contributed by atoms with van der Waals surface area (Å²) in [4.78, 5) is 25.7. The summed E-state index contributed by atoms with van der Waals surface area (Å²) in [5, 5.41) is 12.6. The Kier molecular flexibility index (Phi) is 4.40. The summed E-state index contributed by atoms with van der Waals surface area (Å²) in [5.74, 6) is -0.442. The van der Waals surface area contributed by atoms with E-state index >= 15 is 0 Å². The SMILES string of the molecule is CCC1SCC(C(=O)O)N1C(=O)C1(C)CCCCN1. The number of amides is 1. The fourth-order valence-corrected chi connectivity index (χ4v) is 4.21. The molecule has 0 saturated carbocycles. The molecule has 2 N–H and O–H groups in total. The zero-order valence-corrected chi connectivity index (χ0v) is 12.3. The van der Waals surface area contributed by atoms with Gasteiger partial charge >= 0.3 is 5.97 Å². The average molecular weight is 286 g/mol. The number of carboxylic acid groups (broad SMARTS) is 1. The maximum Gasteiger partial charge on any atom is 0.327 e. The number of hydrogen-bond donors (Lipinski definition) is 2. The number of aliphatic carboxylic acids is 1. The molecule has 2 saturated heterocycles. The van der Waals surface area contributed by atoms with E-state index in [2.05, 4.69) is 5.32 Å². The number of nitrogens with one attached hydrogen (secondary N) is 1. The minimum atomic E-state index is -0.892. The Morgan fingerprint density at radius 2 is 2.21 bits per heavy atom. The summed E-state index contributed by atoms with van der Waals surface area (Å²) in [6.45, 7) is 4.74. The molecule has 108 valence electrons. The molecular formula is C13H22N2O3S. The van der Waals surface area contributed by atoms with Crippen molar-refractivity contribution in [1.29, 1.82) is 0 Å². The summed E-state index contributed by atoms with van der Waals surface area (Å²) in [6, 6.07) is -0.678. The normalized spacial score (nSPS) is 35.4. The molecule has 2 heterocycles. The van der Waals surface area contributed by atoms with Crippen LogP contribution in [0.5, 0.6) is 0 Å². The number of carbonyl (C=O) groups is 2. The molecular weight excluding hydrogens is 264 g/mol. The van der Waals surface area contributed by atoms with Gasteiger partial charge in [-0.15, -0.1) is 11.8 Å². The summed E-state index contributed by atoms with van der Waals surface area (Å²) in [6.07, 6.45) is 3.67. The van der Waals surface area contributed by atoms with Gasteiger partial charge in [0.15, 0.2) is 0 Å². The lowest BCUT2D eigenvalue weighted by atomic mass is 9.89. The first-order valence-electron chi connectivity index (χ1n) is 6.92. The van der Waals surface area contributed by atoms with Crippen molar-refractivity contribution in [3.63, 3.8) is 0 Å². The van der Waals surface area contributed by atoms with Crippen LogP contribution in [-0.2, 0) is 9.59 Å². The van der Waals surface area contributed by atoms with Crippen LogP contribution in [0.25, 0.3) is 0 Å². The van der Waals surface area contributed by atoms with Crippen molar-refractivity contribution in [3.8, 4) is 0 Å². The summed E-state index contributed by atoms with van der Waals surface area (Å²) in [7, 11) is 0. The molecule has 0 aromatic rings. The molecule has 0 aromatic carbocycles. The molecule has 2 rings (SSSR count). The third-order valence-electron chi connectivity index (χ3n) is 4.05. The van der Waals surface area contributed by atoms with Gasteiger partial charge in [-0.3, -0.25) is 4.79 Å². The highest BCUT2D eigenvalue weighted by Gasteiger charge is 2.47. The van der Waals surface area contributed by atoms with Crippen LogP contribution in [0.3, 0.4) is 0 Å². The first kappa shape index (κ1) is 14.7. The summed E-state index contributed by atoms with van der Waals surface area (Å²) in [5.41, 5.74) is -0.593. The van der Waals surface area contributed by atoms with Gasteiger partial charge in [-0.05, 0) is 39.2 Å². The monoisotopic (exact) mass is 286 g/mol. The van der Waals surface area contributed by atoms with Gasteiger partial charge in [0.1, 0.15) is 6.04 Å². The molecule has 5 nitrogen and oxygen atoms in total. The number of rotatable bonds is 3. The molecule has 0 bridgehead atoms. The zero-order valence-electron chi connectivity index (χ0n) is 11.5. The van der Waals surface area contributed by atoms with E-state index in [0.29, 0.717) is 5.75 Å². The van der Waals surface area contributed by atoms with Crippen molar-refractivity contribution < 1.29 is 14.7 Å². The van der Waals surface area contributed by atoms with Gasteiger partial charge in [-0.1, -0.05) is 6.92 Å². The molecule has 0 radical (unpaired) electrons. The van der Waals surface area contributed by atoms with Crippen molar-refractivity contribution in [2.24, 2.45) is 0 Å². The van der Waals surface area contributed by atoms with Crippen LogP contribution in [0.1, 0.15) is 39.5 Å². The maximum atomic E-state index is 12.8. The molecule has 3 unspecified atom stereocenters. The Morgan fingerprint density at radius 3 is 2.74 bits per heavy atom. The van der Waals surface area contributed by atoms with E-state index in [1.54, 1.807) is 16.7 Å². The van der Waals surface area contributed by atoms with Crippen LogP contribution in [0.4, 0.5) is 0 Å². The van der Waals surface area contributed by atoms with Gasteiger partial charge < -0.3 is 15.3 Å². The first-order chi connectivity index (χ1) is 8.99. The minimum Gasteiger partial charge on any atom is -0.480 e.